The highest BCUT2D eigenvalue weighted by molar-refractivity contribution is 5.66. The SMILES string of the molecule is COC(C)C(C)CCC(=O)O. The molecule has 0 amide bonds. The predicted octanol–water partition coefficient (Wildman–Crippen LogP) is 1.52. The molecule has 0 aromatic carbocycles. The summed E-state index contributed by atoms with van der Waals surface area (Å²) in [5.74, 6) is -0.420. The van der Waals surface area contributed by atoms with Gasteiger partial charge in [0.2, 0.25) is 0 Å². The second-order valence-corrected chi connectivity index (χ2v) is 2.85. The lowest BCUT2D eigenvalue weighted by atomic mass is 10.0. The molecule has 2 unspecified atom stereocenters. The van der Waals surface area contributed by atoms with Gasteiger partial charge in [0.1, 0.15) is 0 Å². The van der Waals surface area contributed by atoms with Crippen molar-refractivity contribution in [2.45, 2.75) is 32.8 Å². The maximum absolute atomic E-state index is 10.2. The van der Waals surface area contributed by atoms with Gasteiger partial charge in [0, 0.05) is 13.5 Å². The number of ether oxygens (including phenoxy) is 1. The van der Waals surface area contributed by atoms with Gasteiger partial charge in [-0.25, -0.2) is 0 Å². The lowest BCUT2D eigenvalue weighted by molar-refractivity contribution is -0.137. The zero-order valence-corrected chi connectivity index (χ0v) is 7.33. The highest BCUT2D eigenvalue weighted by atomic mass is 16.5. The number of carboxylic acid groups (broad SMARTS) is 1. The molecule has 0 heterocycles. The average Bonchev–Trinajstić information content (AvgIpc) is 1.98. The van der Waals surface area contributed by atoms with Crippen molar-refractivity contribution in [3.8, 4) is 0 Å². The maximum Gasteiger partial charge on any atom is 0.303 e. The Morgan fingerprint density at radius 1 is 1.55 bits per heavy atom. The van der Waals surface area contributed by atoms with Crippen LogP contribution in [0.5, 0.6) is 0 Å². The number of rotatable bonds is 5. The van der Waals surface area contributed by atoms with Crippen molar-refractivity contribution in [3.05, 3.63) is 0 Å². The van der Waals surface area contributed by atoms with E-state index >= 15 is 0 Å². The Bertz CT molecular complexity index is 123. The maximum atomic E-state index is 10.2. The van der Waals surface area contributed by atoms with Crippen molar-refractivity contribution in [1.82, 2.24) is 0 Å². The molecule has 0 radical (unpaired) electrons. The highest BCUT2D eigenvalue weighted by Crippen LogP contribution is 2.12. The van der Waals surface area contributed by atoms with Gasteiger partial charge >= 0.3 is 5.97 Å². The van der Waals surface area contributed by atoms with E-state index in [1.165, 1.54) is 0 Å². The third-order valence-electron chi connectivity index (χ3n) is 1.99. The van der Waals surface area contributed by atoms with Crippen LogP contribution in [-0.4, -0.2) is 24.3 Å². The molecule has 0 aromatic rings. The lowest BCUT2D eigenvalue weighted by Gasteiger charge is -2.16. The second-order valence-electron chi connectivity index (χ2n) is 2.85. The molecular weight excluding hydrogens is 144 g/mol. The molecule has 3 heteroatoms. The molecule has 0 bridgehead atoms. The van der Waals surface area contributed by atoms with Crippen LogP contribution in [0, 0.1) is 5.92 Å². The van der Waals surface area contributed by atoms with Gasteiger partial charge in [-0.05, 0) is 19.3 Å². The zero-order valence-electron chi connectivity index (χ0n) is 7.33. The zero-order chi connectivity index (χ0) is 8.85. The van der Waals surface area contributed by atoms with Gasteiger partial charge in [0.15, 0.2) is 0 Å². The molecule has 1 N–H and O–H groups in total. The Kier molecular flexibility index (Phi) is 4.86. The van der Waals surface area contributed by atoms with E-state index in [1.54, 1.807) is 7.11 Å². The molecule has 0 saturated heterocycles. The number of hydrogen-bond donors (Lipinski definition) is 1. The Balaban J connectivity index is 3.51. The molecule has 0 spiro atoms. The van der Waals surface area contributed by atoms with E-state index in [-0.39, 0.29) is 12.5 Å². The summed E-state index contributed by atoms with van der Waals surface area (Å²) in [4.78, 5) is 10.2. The van der Waals surface area contributed by atoms with Crippen molar-refractivity contribution in [3.63, 3.8) is 0 Å². The molecule has 2 atom stereocenters. The van der Waals surface area contributed by atoms with Gasteiger partial charge in [-0.3, -0.25) is 4.79 Å². The second kappa shape index (κ2) is 5.13. The first kappa shape index (κ1) is 10.4. The van der Waals surface area contributed by atoms with Crippen LogP contribution in [0.4, 0.5) is 0 Å². The van der Waals surface area contributed by atoms with Gasteiger partial charge in [0.25, 0.3) is 0 Å². The molecule has 0 fully saturated rings. The largest absolute Gasteiger partial charge is 0.481 e. The first-order valence-electron chi connectivity index (χ1n) is 3.82. The van der Waals surface area contributed by atoms with E-state index in [1.807, 2.05) is 13.8 Å². The number of carbonyl (C=O) groups is 1. The first-order valence-corrected chi connectivity index (χ1v) is 3.82. The van der Waals surface area contributed by atoms with Crippen LogP contribution in [-0.2, 0) is 9.53 Å². The molecule has 0 aliphatic rings. The number of carboxylic acids is 1. The molecule has 66 valence electrons. The third-order valence-corrected chi connectivity index (χ3v) is 1.99. The summed E-state index contributed by atoms with van der Waals surface area (Å²) in [5, 5.41) is 8.38. The van der Waals surface area contributed by atoms with E-state index in [4.69, 9.17) is 9.84 Å². The normalized spacial score (nSPS) is 15.9. The van der Waals surface area contributed by atoms with Crippen LogP contribution in [0.15, 0.2) is 0 Å². The van der Waals surface area contributed by atoms with E-state index < -0.39 is 5.97 Å². The van der Waals surface area contributed by atoms with Crippen LogP contribution in [0.2, 0.25) is 0 Å². The summed E-state index contributed by atoms with van der Waals surface area (Å²) in [6, 6.07) is 0. The smallest absolute Gasteiger partial charge is 0.303 e. The van der Waals surface area contributed by atoms with Crippen LogP contribution < -0.4 is 0 Å². The van der Waals surface area contributed by atoms with Crippen LogP contribution in [0.1, 0.15) is 26.7 Å². The number of methoxy groups -OCH3 is 1. The minimum atomic E-state index is -0.736. The standard InChI is InChI=1S/C8H16O3/c1-6(7(2)11-3)4-5-8(9)10/h6-7H,4-5H2,1-3H3,(H,9,10). The average molecular weight is 160 g/mol. The van der Waals surface area contributed by atoms with E-state index in [0.29, 0.717) is 12.3 Å². The fourth-order valence-corrected chi connectivity index (χ4v) is 0.818. The van der Waals surface area contributed by atoms with Gasteiger partial charge < -0.3 is 9.84 Å². The molecule has 0 aliphatic carbocycles. The highest BCUT2D eigenvalue weighted by Gasteiger charge is 2.11. The van der Waals surface area contributed by atoms with Crippen molar-refractivity contribution in [1.29, 1.82) is 0 Å². The van der Waals surface area contributed by atoms with Gasteiger partial charge in [-0.2, -0.15) is 0 Å². The van der Waals surface area contributed by atoms with Gasteiger partial charge in [-0.15, -0.1) is 0 Å². The fourth-order valence-electron chi connectivity index (χ4n) is 0.818. The first-order chi connectivity index (χ1) is 5.07. The molecule has 0 aliphatic heterocycles. The topological polar surface area (TPSA) is 46.5 Å². The minimum Gasteiger partial charge on any atom is -0.481 e. The summed E-state index contributed by atoms with van der Waals surface area (Å²) in [6.07, 6.45) is 1.06. The van der Waals surface area contributed by atoms with Gasteiger partial charge in [-0.1, -0.05) is 6.92 Å². The Morgan fingerprint density at radius 3 is 2.45 bits per heavy atom. The summed E-state index contributed by atoms with van der Waals surface area (Å²) in [7, 11) is 1.64. The van der Waals surface area contributed by atoms with Crippen molar-refractivity contribution in [2.24, 2.45) is 5.92 Å². The minimum absolute atomic E-state index is 0.148. The van der Waals surface area contributed by atoms with Crippen molar-refractivity contribution in [2.75, 3.05) is 7.11 Å². The quantitative estimate of drug-likeness (QED) is 0.663. The molecule has 0 aromatic heterocycles. The molecule has 0 saturated carbocycles. The van der Waals surface area contributed by atoms with Crippen molar-refractivity contribution < 1.29 is 14.6 Å². The monoisotopic (exact) mass is 160 g/mol. The Hall–Kier alpha value is -0.570. The molecular formula is C8H16O3. The van der Waals surface area contributed by atoms with E-state index in [9.17, 15) is 4.79 Å². The summed E-state index contributed by atoms with van der Waals surface area (Å²) in [5.41, 5.74) is 0. The lowest BCUT2D eigenvalue weighted by Crippen LogP contribution is -2.17. The van der Waals surface area contributed by atoms with Crippen molar-refractivity contribution >= 4 is 5.97 Å². The summed E-state index contributed by atoms with van der Waals surface area (Å²) < 4.78 is 5.05. The fraction of sp³-hybridized carbons (Fsp3) is 0.875. The Morgan fingerprint density at radius 2 is 2.09 bits per heavy atom. The van der Waals surface area contributed by atoms with E-state index in [2.05, 4.69) is 0 Å². The third kappa shape index (κ3) is 4.79. The Labute approximate surface area is 67.4 Å². The van der Waals surface area contributed by atoms with Gasteiger partial charge in [0.05, 0.1) is 6.10 Å². The van der Waals surface area contributed by atoms with E-state index in [0.717, 1.165) is 0 Å². The predicted molar refractivity (Wildman–Crippen MR) is 42.5 cm³/mol. The summed E-state index contributed by atoms with van der Waals surface area (Å²) in [6.45, 7) is 3.95. The van der Waals surface area contributed by atoms with Crippen LogP contribution >= 0.6 is 0 Å². The van der Waals surface area contributed by atoms with Crippen LogP contribution in [0.3, 0.4) is 0 Å². The molecule has 11 heavy (non-hydrogen) atoms. The summed E-state index contributed by atoms with van der Waals surface area (Å²) >= 11 is 0. The number of aliphatic carboxylic acids is 1. The molecule has 3 nitrogen and oxygen atoms in total. The number of hydrogen-bond acceptors (Lipinski definition) is 2. The molecule has 0 rings (SSSR count). The van der Waals surface area contributed by atoms with Crippen LogP contribution in [0.25, 0.3) is 0 Å².